The van der Waals surface area contributed by atoms with Crippen molar-refractivity contribution in [3.05, 3.63) is 34.5 Å². The van der Waals surface area contributed by atoms with Crippen molar-refractivity contribution in [3.8, 4) is 0 Å². The largest absolute Gasteiger partial charge is 0.369 e. The molecule has 2 aromatic heterocycles. The number of aromatic nitrogens is 3. The zero-order chi connectivity index (χ0) is 17.1. The van der Waals surface area contributed by atoms with Gasteiger partial charge in [0.25, 0.3) is 0 Å². The Morgan fingerprint density at radius 3 is 3.04 bits per heavy atom. The van der Waals surface area contributed by atoms with Crippen LogP contribution in [0.5, 0.6) is 0 Å². The summed E-state index contributed by atoms with van der Waals surface area (Å²) in [4.78, 5) is 15.5. The molecule has 2 aliphatic rings. The van der Waals surface area contributed by atoms with Gasteiger partial charge in [-0.1, -0.05) is 0 Å². The van der Waals surface area contributed by atoms with E-state index in [0.717, 1.165) is 44.7 Å². The first kappa shape index (κ1) is 16.9. The minimum absolute atomic E-state index is 0.0223. The Kier molecular flexibility index (Phi) is 4.96. The molecule has 4 rings (SSSR count). The molecule has 25 heavy (non-hydrogen) atoms. The van der Waals surface area contributed by atoms with Crippen LogP contribution in [-0.4, -0.2) is 51.2 Å². The molecule has 0 amide bonds. The highest BCUT2D eigenvalue weighted by Crippen LogP contribution is 2.37. The van der Waals surface area contributed by atoms with Crippen molar-refractivity contribution in [1.82, 2.24) is 19.9 Å². The lowest BCUT2D eigenvalue weighted by Gasteiger charge is -2.38. The maximum absolute atomic E-state index is 6.55. The van der Waals surface area contributed by atoms with Gasteiger partial charge in [-0.3, -0.25) is 4.90 Å². The number of anilines is 1. The molecule has 134 valence electrons. The highest BCUT2D eigenvalue weighted by molar-refractivity contribution is 7.09. The number of ether oxygens (including phenoxy) is 1. The highest BCUT2D eigenvalue weighted by atomic mass is 32.1. The van der Waals surface area contributed by atoms with Crippen molar-refractivity contribution in [2.45, 2.75) is 50.9 Å². The summed E-state index contributed by atoms with van der Waals surface area (Å²) in [6.45, 7) is 5.90. The lowest BCUT2D eigenvalue weighted by atomic mass is 9.90. The average Bonchev–Trinajstić information content (AvgIpc) is 3.21. The van der Waals surface area contributed by atoms with Crippen LogP contribution in [0.25, 0.3) is 0 Å². The van der Waals surface area contributed by atoms with E-state index in [1.54, 1.807) is 23.7 Å². The lowest BCUT2D eigenvalue weighted by molar-refractivity contribution is -0.115. The van der Waals surface area contributed by atoms with Crippen LogP contribution in [0.2, 0.25) is 0 Å². The van der Waals surface area contributed by atoms with Crippen molar-refractivity contribution >= 4 is 17.3 Å². The van der Waals surface area contributed by atoms with Crippen molar-refractivity contribution in [1.29, 1.82) is 0 Å². The smallest absolute Gasteiger partial charge is 0.222 e. The van der Waals surface area contributed by atoms with E-state index in [1.807, 2.05) is 6.07 Å². The van der Waals surface area contributed by atoms with Crippen molar-refractivity contribution in [3.63, 3.8) is 0 Å². The van der Waals surface area contributed by atoms with E-state index in [0.29, 0.717) is 5.95 Å². The predicted molar refractivity (Wildman–Crippen MR) is 98.7 cm³/mol. The quantitative estimate of drug-likeness (QED) is 0.886. The van der Waals surface area contributed by atoms with E-state index in [-0.39, 0.29) is 11.7 Å². The molecular weight excluding hydrogens is 334 g/mol. The summed E-state index contributed by atoms with van der Waals surface area (Å²) < 4.78 is 6.55. The van der Waals surface area contributed by atoms with Gasteiger partial charge in [0.1, 0.15) is 5.01 Å². The van der Waals surface area contributed by atoms with Gasteiger partial charge in [0.15, 0.2) is 0 Å². The van der Waals surface area contributed by atoms with Crippen LogP contribution in [0, 0.1) is 6.92 Å². The molecule has 2 saturated heterocycles. The van der Waals surface area contributed by atoms with Crippen LogP contribution in [0.1, 0.15) is 36.4 Å². The number of aryl methyl sites for hydroxylation is 1. The second kappa shape index (κ2) is 7.35. The van der Waals surface area contributed by atoms with Crippen LogP contribution >= 0.6 is 11.3 Å². The number of thiazole rings is 1. The van der Waals surface area contributed by atoms with Gasteiger partial charge in [-0.25, -0.2) is 15.0 Å². The van der Waals surface area contributed by atoms with Gasteiger partial charge in [-0.2, -0.15) is 0 Å². The molecule has 7 heteroatoms. The topological polar surface area (TPSA) is 63.2 Å². The summed E-state index contributed by atoms with van der Waals surface area (Å²) in [6, 6.07) is 1.83. The highest BCUT2D eigenvalue weighted by Gasteiger charge is 2.42. The summed E-state index contributed by atoms with van der Waals surface area (Å²) in [5, 5.41) is 6.65. The summed E-state index contributed by atoms with van der Waals surface area (Å²) in [6.07, 6.45) is 8.37. The van der Waals surface area contributed by atoms with Crippen LogP contribution < -0.4 is 5.32 Å². The number of hydrogen-bond donors (Lipinski definition) is 1. The van der Waals surface area contributed by atoms with Crippen molar-refractivity contribution in [2.24, 2.45) is 0 Å². The maximum Gasteiger partial charge on any atom is 0.222 e. The summed E-state index contributed by atoms with van der Waals surface area (Å²) >= 11 is 1.76. The van der Waals surface area contributed by atoms with E-state index in [9.17, 15) is 0 Å². The molecule has 0 aliphatic carbocycles. The molecule has 0 saturated carbocycles. The third kappa shape index (κ3) is 4.16. The Hall–Kier alpha value is -1.57. The average molecular weight is 359 g/mol. The van der Waals surface area contributed by atoms with Crippen molar-refractivity contribution in [2.75, 3.05) is 25.0 Å². The van der Waals surface area contributed by atoms with Crippen LogP contribution in [0.3, 0.4) is 0 Å². The first-order valence-corrected chi connectivity index (χ1v) is 9.91. The lowest BCUT2D eigenvalue weighted by Crippen LogP contribution is -2.45. The Morgan fingerprint density at radius 2 is 2.24 bits per heavy atom. The monoisotopic (exact) mass is 359 g/mol. The van der Waals surface area contributed by atoms with Gasteiger partial charge in [0, 0.05) is 43.1 Å². The molecule has 0 aromatic carbocycles. The molecule has 2 aromatic rings. The predicted octanol–water partition coefficient (Wildman–Crippen LogP) is 2.87. The van der Waals surface area contributed by atoms with Crippen LogP contribution in [-0.2, 0) is 11.3 Å². The van der Waals surface area contributed by atoms with Gasteiger partial charge in [-0.15, -0.1) is 11.3 Å². The number of likely N-dealkylation sites (tertiary alicyclic amines) is 1. The molecular formula is C18H25N5OS. The van der Waals surface area contributed by atoms with Gasteiger partial charge in [0.05, 0.1) is 18.2 Å². The fourth-order valence-electron chi connectivity index (χ4n) is 3.89. The normalized spacial score (nSPS) is 27.0. The Labute approximate surface area is 152 Å². The molecule has 0 bridgehead atoms. The summed E-state index contributed by atoms with van der Waals surface area (Å²) in [5.74, 6) is 0.679. The van der Waals surface area contributed by atoms with E-state index in [1.165, 1.54) is 17.8 Å². The molecule has 4 heterocycles. The van der Waals surface area contributed by atoms with E-state index >= 15 is 0 Å². The van der Waals surface area contributed by atoms with Crippen LogP contribution in [0.15, 0.2) is 23.8 Å². The van der Waals surface area contributed by atoms with Gasteiger partial charge in [-0.05, 0) is 38.7 Å². The number of rotatable bonds is 5. The third-order valence-corrected chi connectivity index (χ3v) is 6.00. The minimum atomic E-state index is 0.0223. The summed E-state index contributed by atoms with van der Waals surface area (Å²) in [5.41, 5.74) is 1.14. The maximum atomic E-state index is 6.55. The third-order valence-electron chi connectivity index (χ3n) is 5.05. The Morgan fingerprint density at radius 1 is 1.36 bits per heavy atom. The second-order valence-corrected chi connectivity index (χ2v) is 8.05. The van der Waals surface area contributed by atoms with Gasteiger partial charge < -0.3 is 10.1 Å². The fraction of sp³-hybridized carbons (Fsp3) is 0.611. The Bertz CT molecular complexity index is 694. The Balaban J connectivity index is 1.31. The number of nitrogens with one attached hydrogen (secondary N) is 1. The fourth-order valence-corrected chi connectivity index (χ4v) is 4.70. The molecule has 2 atom stereocenters. The SMILES string of the molecule is Cc1csc(CN2CC[C@@]3(CCC[C@@H](CNc4ncccn4)O3)C2)n1. The zero-order valence-corrected chi connectivity index (χ0v) is 15.5. The molecule has 6 nitrogen and oxygen atoms in total. The van der Waals surface area contributed by atoms with Crippen LogP contribution in [0.4, 0.5) is 5.95 Å². The second-order valence-electron chi connectivity index (χ2n) is 7.11. The first-order chi connectivity index (χ1) is 12.2. The standard InChI is InChI=1S/C18H25N5OS/c1-14-12-25-16(22-14)11-23-9-6-18(13-23)5-2-4-15(24-18)10-21-17-19-7-3-8-20-17/h3,7-8,12,15H,2,4-6,9-11,13H2,1H3,(H,19,20,21)/t15-,18-/m0/s1. The number of hydrogen-bond acceptors (Lipinski definition) is 7. The van der Waals surface area contributed by atoms with E-state index < -0.39 is 0 Å². The summed E-state index contributed by atoms with van der Waals surface area (Å²) in [7, 11) is 0. The molecule has 0 unspecified atom stereocenters. The first-order valence-electron chi connectivity index (χ1n) is 9.03. The van der Waals surface area contributed by atoms with Gasteiger partial charge in [0.2, 0.25) is 5.95 Å². The molecule has 2 fully saturated rings. The molecule has 2 aliphatic heterocycles. The molecule has 0 radical (unpaired) electrons. The number of nitrogens with zero attached hydrogens (tertiary/aromatic N) is 4. The van der Waals surface area contributed by atoms with Crippen molar-refractivity contribution < 1.29 is 4.74 Å². The molecule has 1 N–H and O–H groups in total. The zero-order valence-electron chi connectivity index (χ0n) is 14.6. The van der Waals surface area contributed by atoms with E-state index in [4.69, 9.17) is 4.74 Å². The molecule has 1 spiro atoms. The van der Waals surface area contributed by atoms with Gasteiger partial charge >= 0.3 is 0 Å². The minimum Gasteiger partial charge on any atom is -0.369 e. The van der Waals surface area contributed by atoms with E-state index in [2.05, 4.69) is 37.5 Å².